The van der Waals surface area contributed by atoms with Gasteiger partial charge in [-0.25, -0.2) is 0 Å². The molecule has 2 bridgehead atoms. The molecule has 0 aromatic carbocycles. The monoisotopic (exact) mass is 416 g/mol. The highest BCUT2D eigenvalue weighted by molar-refractivity contribution is 7.17. The van der Waals surface area contributed by atoms with Crippen LogP contribution in [0.15, 0.2) is 11.1 Å². The van der Waals surface area contributed by atoms with Crippen LogP contribution in [0.5, 0.6) is 0 Å². The van der Waals surface area contributed by atoms with E-state index >= 15 is 0 Å². The van der Waals surface area contributed by atoms with Crippen molar-refractivity contribution in [3.63, 3.8) is 0 Å². The lowest BCUT2D eigenvalue weighted by molar-refractivity contribution is -0.148. The van der Waals surface area contributed by atoms with Crippen molar-refractivity contribution in [2.75, 3.05) is 5.32 Å². The summed E-state index contributed by atoms with van der Waals surface area (Å²) in [5.74, 6) is -3.11. The fourth-order valence-corrected chi connectivity index (χ4v) is 7.19. The van der Waals surface area contributed by atoms with Crippen LogP contribution in [-0.4, -0.2) is 22.9 Å². The Labute approximate surface area is 174 Å². The average molecular weight is 417 g/mol. The highest BCUT2D eigenvalue weighted by Gasteiger charge is 2.57. The van der Waals surface area contributed by atoms with Gasteiger partial charge in [0.05, 0.1) is 17.4 Å². The van der Waals surface area contributed by atoms with Crippen LogP contribution in [0.25, 0.3) is 0 Å². The summed E-state index contributed by atoms with van der Waals surface area (Å²) >= 11 is 1.44. The molecule has 7 heteroatoms. The number of aliphatic carboxylic acids is 1. The topological polar surface area (TPSA) is 109 Å². The molecule has 0 unspecified atom stereocenters. The van der Waals surface area contributed by atoms with Crippen molar-refractivity contribution in [2.45, 2.75) is 58.8 Å². The minimum atomic E-state index is -0.909. The number of amides is 2. The van der Waals surface area contributed by atoms with E-state index < -0.39 is 23.7 Å². The zero-order chi connectivity index (χ0) is 20.9. The zero-order valence-corrected chi connectivity index (χ0v) is 17.7. The SMILES string of the molecule is CC(C)=C1[C@H]2CC[C@H]1[C@H](C(=O)Nc1sc3c(c1C(N)=O)CCCCC3)[C@H]2C(=O)O. The molecule has 3 aliphatic carbocycles. The molecule has 2 amide bonds. The van der Waals surface area contributed by atoms with E-state index in [0.29, 0.717) is 10.6 Å². The second kappa shape index (κ2) is 7.59. The number of aryl methyl sites for hydroxylation is 1. The Morgan fingerprint density at radius 2 is 1.69 bits per heavy atom. The Hall–Kier alpha value is -2.15. The van der Waals surface area contributed by atoms with Crippen LogP contribution in [0.3, 0.4) is 0 Å². The standard InChI is InChI=1S/C22H28N2O4S/c1-10(2)15-12-8-9-13(15)17(22(27)28)16(12)20(26)24-21-18(19(23)25)11-6-4-3-5-7-14(11)29-21/h12-13,16-17H,3-9H2,1-2H3,(H2,23,25)(H,24,26)(H,27,28)/t12-,13-,16+,17+/m1/s1. The van der Waals surface area contributed by atoms with Crippen LogP contribution < -0.4 is 11.1 Å². The molecule has 0 saturated heterocycles. The molecule has 4 atom stereocenters. The number of rotatable bonds is 4. The van der Waals surface area contributed by atoms with E-state index in [9.17, 15) is 19.5 Å². The third-order valence-electron chi connectivity index (χ3n) is 6.91. The number of primary amides is 1. The van der Waals surface area contributed by atoms with Crippen LogP contribution in [0.4, 0.5) is 5.00 Å². The Morgan fingerprint density at radius 3 is 2.31 bits per heavy atom. The van der Waals surface area contributed by atoms with Crippen molar-refractivity contribution in [3.8, 4) is 0 Å². The number of thiophene rings is 1. The van der Waals surface area contributed by atoms with E-state index in [2.05, 4.69) is 5.32 Å². The van der Waals surface area contributed by atoms with Crippen LogP contribution in [0.1, 0.15) is 66.8 Å². The van der Waals surface area contributed by atoms with Crippen LogP contribution >= 0.6 is 11.3 Å². The minimum Gasteiger partial charge on any atom is -0.481 e. The summed E-state index contributed by atoms with van der Waals surface area (Å²) in [6.45, 7) is 4.00. The van der Waals surface area contributed by atoms with Crippen molar-refractivity contribution in [1.29, 1.82) is 0 Å². The van der Waals surface area contributed by atoms with E-state index in [-0.39, 0.29) is 17.7 Å². The number of carboxylic acid groups (broad SMARTS) is 1. The molecule has 4 N–H and O–H groups in total. The summed E-state index contributed by atoms with van der Waals surface area (Å²) in [4.78, 5) is 38.6. The number of carbonyl (C=O) groups is 3. The van der Waals surface area contributed by atoms with E-state index in [4.69, 9.17) is 5.73 Å². The lowest BCUT2D eigenvalue weighted by atomic mass is 9.78. The van der Waals surface area contributed by atoms with Gasteiger partial charge in [-0.15, -0.1) is 11.3 Å². The van der Waals surface area contributed by atoms with E-state index in [1.54, 1.807) is 0 Å². The summed E-state index contributed by atoms with van der Waals surface area (Å²) in [6, 6.07) is 0. The van der Waals surface area contributed by atoms with Crippen molar-refractivity contribution in [2.24, 2.45) is 29.4 Å². The lowest BCUT2D eigenvalue weighted by Crippen LogP contribution is -2.38. The second-order valence-corrected chi connectivity index (χ2v) is 9.86. The number of allylic oxidation sites excluding steroid dienone is 2. The molecule has 156 valence electrons. The zero-order valence-electron chi connectivity index (χ0n) is 16.9. The van der Waals surface area contributed by atoms with Gasteiger partial charge >= 0.3 is 5.97 Å². The van der Waals surface area contributed by atoms with E-state index in [1.165, 1.54) is 11.3 Å². The smallest absolute Gasteiger partial charge is 0.307 e. The van der Waals surface area contributed by atoms with Crippen molar-refractivity contribution >= 4 is 34.1 Å². The summed E-state index contributed by atoms with van der Waals surface area (Å²) in [6.07, 6.45) is 6.56. The maximum absolute atomic E-state index is 13.3. The van der Waals surface area contributed by atoms with E-state index in [1.807, 2.05) is 13.8 Å². The molecule has 0 aliphatic heterocycles. The molecule has 29 heavy (non-hydrogen) atoms. The Kier molecular flexibility index (Phi) is 5.27. The summed E-state index contributed by atoms with van der Waals surface area (Å²) in [5, 5.41) is 13.3. The molecule has 1 aromatic heterocycles. The van der Waals surface area contributed by atoms with Gasteiger partial charge < -0.3 is 16.2 Å². The molecule has 2 saturated carbocycles. The molecular weight excluding hydrogens is 388 g/mol. The van der Waals surface area contributed by atoms with Gasteiger partial charge in [0.15, 0.2) is 0 Å². The van der Waals surface area contributed by atoms with Crippen molar-refractivity contribution < 1.29 is 19.5 Å². The van der Waals surface area contributed by atoms with Gasteiger partial charge in [0.1, 0.15) is 5.00 Å². The largest absolute Gasteiger partial charge is 0.481 e. The van der Waals surface area contributed by atoms with Gasteiger partial charge in [0.25, 0.3) is 5.91 Å². The second-order valence-electron chi connectivity index (χ2n) is 8.76. The predicted octanol–water partition coefficient (Wildman–Crippen LogP) is 3.75. The fourth-order valence-electron chi connectivity index (χ4n) is 5.89. The molecule has 1 heterocycles. The molecule has 0 spiro atoms. The Bertz CT molecular complexity index is 912. The molecule has 0 radical (unpaired) electrons. The van der Waals surface area contributed by atoms with Gasteiger partial charge in [-0.2, -0.15) is 0 Å². The number of hydrogen-bond acceptors (Lipinski definition) is 4. The fraction of sp³-hybridized carbons (Fsp3) is 0.591. The first-order chi connectivity index (χ1) is 13.8. The number of nitrogens with one attached hydrogen (secondary N) is 1. The first kappa shape index (κ1) is 20.1. The molecule has 1 aromatic rings. The normalized spacial score (nSPS) is 28.0. The van der Waals surface area contributed by atoms with Crippen molar-refractivity contribution in [1.82, 2.24) is 0 Å². The molecule has 4 rings (SSSR count). The minimum absolute atomic E-state index is 0.0269. The number of anilines is 1. The highest BCUT2D eigenvalue weighted by atomic mass is 32.1. The Morgan fingerprint density at radius 1 is 1.03 bits per heavy atom. The number of carbonyl (C=O) groups excluding carboxylic acids is 2. The van der Waals surface area contributed by atoms with Gasteiger partial charge in [0.2, 0.25) is 5.91 Å². The number of carboxylic acids is 1. The lowest BCUT2D eigenvalue weighted by Gasteiger charge is -2.26. The van der Waals surface area contributed by atoms with Gasteiger partial charge in [0, 0.05) is 4.88 Å². The maximum atomic E-state index is 13.3. The van der Waals surface area contributed by atoms with Crippen LogP contribution in [0, 0.1) is 23.7 Å². The van der Waals surface area contributed by atoms with Gasteiger partial charge in [-0.1, -0.05) is 17.6 Å². The van der Waals surface area contributed by atoms with Crippen LogP contribution in [-0.2, 0) is 22.4 Å². The highest BCUT2D eigenvalue weighted by Crippen LogP contribution is 2.57. The third-order valence-corrected chi connectivity index (χ3v) is 8.12. The summed E-state index contributed by atoms with van der Waals surface area (Å²) < 4.78 is 0. The van der Waals surface area contributed by atoms with Crippen molar-refractivity contribution in [3.05, 3.63) is 27.2 Å². The van der Waals surface area contributed by atoms with Gasteiger partial charge in [-0.3, -0.25) is 14.4 Å². The maximum Gasteiger partial charge on any atom is 0.307 e. The molecule has 3 aliphatic rings. The number of hydrogen-bond donors (Lipinski definition) is 3. The molecule has 2 fully saturated rings. The third kappa shape index (κ3) is 3.29. The Balaban J connectivity index is 1.67. The average Bonchev–Trinajstić information content (AvgIpc) is 3.26. The number of nitrogens with two attached hydrogens (primary N) is 1. The molecular formula is C22H28N2O4S. The predicted molar refractivity (Wildman–Crippen MR) is 112 cm³/mol. The molecule has 6 nitrogen and oxygen atoms in total. The quantitative estimate of drug-likeness (QED) is 0.513. The van der Waals surface area contributed by atoms with Crippen LogP contribution in [0.2, 0.25) is 0 Å². The summed E-state index contributed by atoms with van der Waals surface area (Å²) in [7, 11) is 0. The van der Waals surface area contributed by atoms with E-state index in [0.717, 1.165) is 66.5 Å². The first-order valence-corrected chi connectivity index (χ1v) is 11.3. The number of fused-ring (bicyclic) bond motifs is 3. The first-order valence-electron chi connectivity index (χ1n) is 10.5. The summed E-state index contributed by atoms with van der Waals surface area (Å²) in [5.41, 5.74) is 9.35. The van der Waals surface area contributed by atoms with Gasteiger partial charge in [-0.05, 0) is 69.8 Å².